The van der Waals surface area contributed by atoms with Crippen LogP contribution in [0.4, 0.5) is 0 Å². The van der Waals surface area contributed by atoms with E-state index in [0.717, 1.165) is 0 Å². The van der Waals surface area contributed by atoms with Crippen molar-refractivity contribution in [1.82, 2.24) is 0 Å². The minimum atomic E-state index is -3.49. The van der Waals surface area contributed by atoms with Crippen molar-refractivity contribution in [3.63, 3.8) is 0 Å². The summed E-state index contributed by atoms with van der Waals surface area (Å²) in [4.78, 5) is 11.1. The molecule has 0 unspecified atom stereocenters. The van der Waals surface area contributed by atoms with Gasteiger partial charge in [-0.05, 0) is 24.6 Å². The largest absolute Gasteiger partial charge is 0.465 e. The molecule has 1 aromatic carbocycles. The standard InChI is InChI=1S/C11H13ClO4S/c1-2-16-11(13)8-17(14,15)7-9-3-5-10(12)6-4-9/h3-6H,2,7-8H2,1H3. The average molecular weight is 277 g/mol. The molecule has 0 aliphatic carbocycles. The monoisotopic (exact) mass is 276 g/mol. The maximum absolute atomic E-state index is 11.6. The van der Waals surface area contributed by atoms with Crippen LogP contribution in [0.2, 0.25) is 5.02 Å². The molecule has 0 amide bonds. The fraction of sp³-hybridized carbons (Fsp3) is 0.364. The van der Waals surface area contributed by atoms with Crippen molar-refractivity contribution in [2.45, 2.75) is 12.7 Å². The number of hydrogen-bond donors (Lipinski definition) is 0. The summed E-state index contributed by atoms with van der Waals surface area (Å²) < 4.78 is 27.9. The van der Waals surface area contributed by atoms with Gasteiger partial charge in [-0.3, -0.25) is 4.79 Å². The summed E-state index contributed by atoms with van der Waals surface area (Å²) in [6, 6.07) is 6.45. The van der Waals surface area contributed by atoms with Crippen LogP contribution in [0, 0.1) is 0 Å². The third kappa shape index (κ3) is 5.19. The lowest BCUT2D eigenvalue weighted by Crippen LogP contribution is -2.19. The van der Waals surface area contributed by atoms with Crippen LogP contribution in [0.3, 0.4) is 0 Å². The third-order valence-electron chi connectivity index (χ3n) is 1.94. The van der Waals surface area contributed by atoms with Gasteiger partial charge in [-0.15, -0.1) is 0 Å². The zero-order valence-electron chi connectivity index (χ0n) is 9.35. The highest BCUT2D eigenvalue weighted by Gasteiger charge is 2.18. The van der Waals surface area contributed by atoms with Gasteiger partial charge < -0.3 is 4.74 Å². The molecule has 0 aromatic heterocycles. The van der Waals surface area contributed by atoms with Gasteiger partial charge in [0.1, 0.15) is 5.75 Å². The van der Waals surface area contributed by atoms with Gasteiger partial charge >= 0.3 is 5.97 Å². The molecule has 0 spiro atoms. The quantitative estimate of drug-likeness (QED) is 0.770. The molecule has 0 aliphatic rings. The predicted octanol–water partition coefficient (Wildman–Crippen LogP) is 1.82. The number of carbonyl (C=O) groups excluding carboxylic acids is 1. The van der Waals surface area contributed by atoms with Crippen LogP contribution in [0.15, 0.2) is 24.3 Å². The molecular weight excluding hydrogens is 264 g/mol. The van der Waals surface area contributed by atoms with Gasteiger partial charge in [0.15, 0.2) is 9.84 Å². The first kappa shape index (κ1) is 14.0. The summed E-state index contributed by atoms with van der Waals surface area (Å²) in [7, 11) is -3.49. The second-order valence-electron chi connectivity index (χ2n) is 3.46. The van der Waals surface area contributed by atoms with Gasteiger partial charge in [0.25, 0.3) is 0 Å². The zero-order chi connectivity index (χ0) is 12.9. The van der Waals surface area contributed by atoms with Crippen LogP contribution >= 0.6 is 11.6 Å². The fourth-order valence-electron chi connectivity index (χ4n) is 1.27. The van der Waals surface area contributed by atoms with Crippen molar-refractivity contribution in [3.05, 3.63) is 34.9 Å². The van der Waals surface area contributed by atoms with E-state index in [0.29, 0.717) is 10.6 Å². The third-order valence-corrected chi connectivity index (χ3v) is 3.64. The Morgan fingerprint density at radius 1 is 1.29 bits per heavy atom. The van der Waals surface area contributed by atoms with Crippen LogP contribution in [-0.4, -0.2) is 26.7 Å². The molecule has 4 nitrogen and oxygen atoms in total. The Hall–Kier alpha value is -1.07. The summed E-state index contributed by atoms with van der Waals surface area (Å²) in [5.41, 5.74) is 0.596. The number of carbonyl (C=O) groups is 1. The second-order valence-corrected chi connectivity index (χ2v) is 5.96. The summed E-state index contributed by atoms with van der Waals surface area (Å²) in [5, 5.41) is 0.538. The fourth-order valence-corrected chi connectivity index (χ4v) is 2.64. The second kappa shape index (κ2) is 6.02. The van der Waals surface area contributed by atoms with Crippen LogP contribution in [0.5, 0.6) is 0 Å². The molecule has 94 valence electrons. The molecule has 6 heteroatoms. The Balaban J connectivity index is 2.66. The van der Waals surface area contributed by atoms with E-state index in [4.69, 9.17) is 11.6 Å². The first-order valence-electron chi connectivity index (χ1n) is 5.03. The highest BCUT2D eigenvalue weighted by Crippen LogP contribution is 2.12. The maximum Gasteiger partial charge on any atom is 0.321 e. The van der Waals surface area contributed by atoms with E-state index in [1.165, 1.54) is 0 Å². The molecule has 0 saturated heterocycles. The van der Waals surface area contributed by atoms with Gasteiger partial charge in [0, 0.05) is 5.02 Å². The number of halogens is 1. The Morgan fingerprint density at radius 3 is 2.41 bits per heavy atom. The van der Waals surface area contributed by atoms with Gasteiger partial charge in [-0.2, -0.15) is 0 Å². The van der Waals surface area contributed by atoms with Crippen molar-refractivity contribution in [1.29, 1.82) is 0 Å². The van der Waals surface area contributed by atoms with Crippen LogP contribution in [0.1, 0.15) is 12.5 Å². The molecule has 0 radical (unpaired) electrons. The summed E-state index contributed by atoms with van der Waals surface area (Å²) in [6.45, 7) is 1.80. The van der Waals surface area contributed by atoms with E-state index in [2.05, 4.69) is 4.74 Å². The van der Waals surface area contributed by atoms with E-state index in [1.54, 1.807) is 31.2 Å². The highest BCUT2D eigenvalue weighted by atomic mass is 35.5. The number of esters is 1. The minimum Gasteiger partial charge on any atom is -0.465 e. The van der Waals surface area contributed by atoms with Crippen molar-refractivity contribution < 1.29 is 17.9 Å². The van der Waals surface area contributed by atoms with Gasteiger partial charge in [-0.1, -0.05) is 23.7 Å². The van der Waals surface area contributed by atoms with Gasteiger partial charge in [0.2, 0.25) is 0 Å². The minimum absolute atomic E-state index is 0.176. The smallest absolute Gasteiger partial charge is 0.321 e. The first-order chi connectivity index (χ1) is 7.93. The summed E-state index contributed by atoms with van der Waals surface area (Å²) >= 11 is 5.68. The lowest BCUT2D eigenvalue weighted by Gasteiger charge is -2.04. The molecule has 0 aliphatic heterocycles. The lowest BCUT2D eigenvalue weighted by molar-refractivity contribution is -0.139. The van der Waals surface area contributed by atoms with Crippen molar-refractivity contribution in [3.8, 4) is 0 Å². The van der Waals surface area contributed by atoms with E-state index < -0.39 is 21.6 Å². The van der Waals surface area contributed by atoms with Crippen LogP contribution < -0.4 is 0 Å². The van der Waals surface area contributed by atoms with Gasteiger partial charge in [-0.25, -0.2) is 8.42 Å². The van der Waals surface area contributed by atoms with Crippen molar-refractivity contribution >= 4 is 27.4 Å². The SMILES string of the molecule is CCOC(=O)CS(=O)(=O)Cc1ccc(Cl)cc1. The Labute approximate surface area is 105 Å². The molecule has 0 fully saturated rings. The predicted molar refractivity (Wildman–Crippen MR) is 65.6 cm³/mol. The van der Waals surface area contributed by atoms with Gasteiger partial charge in [0.05, 0.1) is 12.4 Å². The number of sulfone groups is 1. The number of benzene rings is 1. The zero-order valence-corrected chi connectivity index (χ0v) is 10.9. The topological polar surface area (TPSA) is 60.4 Å². The van der Waals surface area contributed by atoms with Crippen LogP contribution in [-0.2, 0) is 25.1 Å². The number of rotatable bonds is 5. The maximum atomic E-state index is 11.6. The molecule has 0 N–H and O–H groups in total. The molecule has 0 atom stereocenters. The summed E-state index contributed by atoms with van der Waals surface area (Å²) in [5.74, 6) is -1.51. The lowest BCUT2D eigenvalue weighted by atomic mass is 10.2. The number of hydrogen-bond acceptors (Lipinski definition) is 4. The molecule has 17 heavy (non-hydrogen) atoms. The van der Waals surface area contributed by atoms with E-state index in [-0.39, 0.29) is 12.4 Å². The Morgan fingerprint density at radius 2 is 1.88 bits per heavy atom. The Bertz CT molecular complexity index is 479. The summed E-state index contributed by atoms with van der Waals surface area (Å²) in [6.07, 6.45) is 0. The highest BCUT2D eigenvalue weighted by molar-refractivity contribution is 7.91. The van der Waals surface area contributed by atoms with E-state index in [9.17, 15) is 13.2 Å². The Kier molecular flexibility index (Phi) is 4.96. The first-order valence-corrected chi connectivity index (χ1v) is 7.23. The van der Waals surface area contributed by atoms with Crippen molar-refractivity contribution in [2.75, 3.05) is 12.4 Å². The normalized spacial score (nSPS) is 11.2. The average Bonchev–Trinajstić information content (AvgIpc) is 2.20. The van der Waals surface area contributed by atoms with E-state index >= 15 is 0 Å². The molecule has 1 aromatic rings. The van der Waals surface area contributed by atoms with E-state index in [1.807, 2.05) is 0 Å². The molecule has 0 bridgehead atoms. The molecule has 0 saturated carbocycles. The molecular formula is C11H13ClO4S. The molecule has 1 rings (SSSR count). The van der Waals surface area contributed by atoms with Crippen molar-refractivity contribution in [2.24, 2.45) is 0 Å². The van der Waals surface area contributed by atoms with Crippen LogP contribution in [0.25, 0.3) is 0 Å². The molecule has 0 heterocycles. The number of ether oxygens (including phenoxy) is 1.